The van der Waals surface area contributed by atoms with Crippen molar-refractivity contribution in [3.8, 4) is 0 Å². The second-order valence-electron chi connectivity index (χ2n) is 7.01. The van der Waals surface area contributed by atoms with E-state index in [4.69, 9.17) is 0 Å². The third-order valence-corrected chi connectivity index (χ3v) is 5.71. The highest BCUT2D eigenvalue weighted by Crippen LogP contribution is 2.27. The van der Waals surface area contributed by atoms with Crippen LogP contribution in [0.2, 0.25) is 0 Å². The summed E-state index contributed by atoms with van der Waals surface area (Å²) in [5.74, 6) is -0.0624. The van der Waals surface area contributed by atoms with Crippen LogP contribution in [0.3, 0.4) is 0 Å². The van der Waals surface area contributed by atoms with Crippen LogP contribution in [0.1, 0.15) is 33.1 Å². The average Bonchev–Trinajstić information content (AvgIpc) is 2.74. The smallest absolute Gasteiger partial charge is 0.251 e. The second-order valence-corrected chi connectivity index (χ2v) is 7.93. The molecule has 1 amide bonds. The number of nitrogens with zero attached hydrogens (tertiary/aromatic N) is 2. The third kappa shape index (κ3) is 4.32. The molecule has 1 N–H and O–H groups in total. The topological polar surface area (TPSA) is 45.2 Å². The summed E-state index contributed by atoms with van der Waals surface area (Å²) in [6, 6.07) is 20.2. The van der Waals surface area contributed by atoms with Gasteiger partial charge in [-0.1, -0.05) is 52.3 Å². The maximum absolute atomic E-state index is 12.6. The Balaban J connectivity index is 1.53. The summed E-state index contributed by atoms with van der Waals surface area (Å²) >= 11 is 3.43. The summed E-state index contributed by atoms with van der Waals surface area (Å²) in [5, 5.41) is 3.12. The van der Waals surface area contributed by atoms with Gasteiger partial charge in [-0.15, -0.1) is 0 Å². The van der Waals surface area contributed by atoms with Gasteiger partial charge in [0.1, 0.15) is 0 Å². The van der Waals surface area contributed by atoms with Crippen molar-refractivity contribution in [3.63, 3.8) is 0 Å². The zero-order valence-electron chi connectivity index (χ0n) is 15.5. The zero-order valence-corrected chi connectivity index (χ0v) is 17.1. The van der Waals surface area contributed by atoms with Gasteiger partial charge in [-0.05, 0) is 47.4 Å². The van der Waals surface area contributed by atoms with Crippen molar-refractivity contribution in [2.75, 3.05) is 13.1 Å². The van der Waals surface area contributed by atoms with Crippen molar-refractivity contribution in [2.45, 2.75) is 19.0 Å². The minimum atomic E-state index is -0.0624. The maximum Gasteiger partial charge on any atom is 0.251 e. The number of amides is 1. The Morgan fingerprint density at radius 2 is 1.96 bits per heavy atom. The largest absolute Gasteiger partial charge is 0.350 e. The average molecular weight is 436 g/mol. The number of fused-ring (bicyclic) bond motifs is 1. The van der Waals surface area contributed by atoms with Gasteiger partial charge in [0.15, 0.2) is 0 Å². The van der Waals surface area contributed by atoms with E-state index in [1.54, 1.807) is 6.20 Å². The predicted molar refractivity (Wildman–Crippen MR) is 114 cm³/mol. The Kier molecular flexibility index (Phi) is 5.84. The summed E-state index contributed by atoms with van der Waals surface area (Å²) in [7, 11) is 0. The van der Waals surface area contributed by atoms with Crippen LogP contribution < -0.4 is 5.32 Å². The summed E-state index contributed by atoms with van der Waals surface area (Å²) in [6.45, 7) is 2.38. The highest BCUT2D eigenvalue weighted by atomic mass is 79.9. The fraction of sp³-hybridized carbons (Fsp3) is 0.217. The van der Waals surface area contributed by atoms with E-state index in [-0.39, 0.29) is 11.9 Å². The maximum atomic E-state index is 12.6. The SMILES string of the molecule is O=C(NC[C@H](c1cccnc1)N1CCc2ccccc2C1)c1cccc(Br)c1. The van der Waals surface area contributed by atoms with Gasteiger partial charge in [-0.25, -0.2) is 0 Å². The quantitative estimate of drug-likeness (QED) is 0.646. The van der Waals surface area contributed by atoms with Gasteiger partial charge in [0, 0.05) is 42.1 Å². The Bertz CT molecular complexity index is 961. The number of nitrogens with one attached hydrogen (secondary N) is 1. The standard InChI is InChI=1S/C23H22BrN3O/c24-21-9-3-7-18(13-21)23(28)26-15-22(19-8-4-11-25-14-19)27-12-10-17-5-1-2-6-20(17)16-27/h1-9,11,13-14,22H,10,12,15-16H2,(H,26,28)/t22-/m1/s1. The number of carbonyl (C=O) groups is 1. The Labute approximate surface area is 173 Å². The molecule has 0 aliphatic carbocycles. The summed E-state index contributed by atoms with van der Waals surface area (Å²) in [6.07, 6.45) is 4.70. The van der Waals surface area contributed by atoms with Gasteiger partial charge in [0.25, 0.3) is 5.91 Å². The lowest BCUT2D eigenvalue weighted by atomic mass is 9.97. The van der Waals surface area contributed by atoms with Gasteiger partial charge in [0.05, 0.1) is 6.04 Å². The first-order valence-corrected chi connectivity index (χ1v) is 10.2. The molecule has 1 aliphatic rings. The minimum absolute atomic E-state index is 0.0624. The van der Waals surface area contributed by atoms with Crippen LogP contribution >= 0.6 is 15.9 Å². The predicted octanol–water partition coefficient (Wildman–Crippen LogP) is 4.37. The molecule has 0 spiro atoms. The molecule has 4 rings (SSSR count). The van der Waals surface area contributed by atoms with Crippen molar-refractivity contribution in [2.24, 2.45) is 0 Å². The number of aromatic nitrogens is 1. The molecular formula is C23H22BrN3O. The first-order chi connectivity index (χ1) is 13.7. The van der Waals surface area contributed by atoms with Crippen LogP contribution in [0.15, 0.2) is 77.5 Å². The summed E-state index contributed by atoms with van der Waals surface area (Å²) < 4.78 is 0.900. The number of hydrogen-bond acceptors (Lipinski definition) is 3. The number of halogens is 1. The Morgan fingerprint density at radius 3 is 2.75 bits per heavy atom. The van der Waals surface area contributed by atoms with Gasteiger partial charge in [-0.2, -0.15) is 0 Å². The fourth-order valence-corrected chi connectivity index (χ4v) is 4.13. The van der Waals surface area contributed by atoms with Gasteiger partial charge < -0.3 is 5.32 Å². The molecule has 0 bridgehead atoms. The number of rotatable bonds is 5. The van der Waals surface area contributed by atoms with E-state index in [9.17, 15) is 4.79 Å². The zero-order chi connectivity index (χ0) is 19.3. The number of hydrogen-bond donors (Lipinski definition) is 1. The molecule has 0 radical (unpaired) electrons. The van der Waals surface area contributed by atoms with Crippen molar-refractivity contribution in [3.05, 3.63) is 99.8 Å². The molecule has 2 aromatic carbocycles. The lowest BCUT2D eigenvalue weighted by Crippen LogP contribution is -2.40. The highest BCUT2D eigenvalue weighted by molar-refractivity contribution is 9.10. The third-order valence-electron chi connectivity index (χ3n) is 5.21. The van der Waals surface area contributed by atoms with Gasteiger partial charge >= 0.3 is 0 Å². The van der Waals surface area contributed by atoms with Crippen LogP contribution in [0.25, 0.3) is 0 Å². The van der Waals surface area contributed by atoms with Crippen molar-refractivity contribution < 1.29 is 4.79 Å². The van der Waals surface area contributed by atoms with E-state index < -0.39 is 0 Å². The number of carbonyl (C=O) groups excluding carboxylic acids is 1. The molecular weight excluding hydrogens is 414 g/mol. The summed E-state index contributed by atoms with van der Waals surface area (Å²) in [4.78, 5) is 19.4. The molecule has 2 heterocycles. The van der Waals surface area contributed by atoms with Crippen LogP contribution in [0.4, 0.5) is 0 Å². The molecule has 1 aromatic heterocycles. The molecule has 0 saturated carbocycles. The highest BCUT2D eigenvalue weighted by Gasteiger charge is 2.25. The minimum Gasteiger partial charge on any atom is -0.350 e. The van der Waals surface area contributed by atoms with Crippen LogP contribution in [0, 0.1) is 0 Å². The molecule has 142 valence electrons. The lowest BCUT2D eigenvalue weighted by molar-refractivity contribution is 0.0927. The first-order valence-electron chi connectivity index (χ1n) is 9.45. The molecule has 28 heavy (non-hydrogen) atoms. The second kappa shape index (κ2) is 8.67. The van der Waals surface area contributed by atoms with Gasteiger partial charge in [0.2, 0.25) is 0 Å². The first kappa shape index (κ1) is 18.8. The fourth-order valence-electron chi connectivity index (χ4n) is 3.74. The van der Waals surface area contributed by atoms with Crippen molar-refractivity contribution in [1.82, 2.24) is 15.2 Å². The van der Waals surface area contributed by atoms with Crippen molar-refractivity contribution in [1.29, 1.82) is 0 Å². The molecule has 0 unspecified atom stereocenters. The van der Waals surface area contributed by atoms with E-state index in [2.05, 4.69) is 61.5 Å². The van der Waals surface area contributed by atoms with E-state index in [0.29, 0.717) is 12.1 Å². The van der Waals surface area contributed by atoms with E-state index in [0.717, 1.165) is 29.5 Å². The molecule has 4 nitrogen and oxygen atoms in total. The molecule has 0 fully saturated rings. The molecule has 0 saturated heterocycles. The van der Waals surface area contributed by atoms with E-state index >= 15 is 0 Å². The van der Waals surface area contributed by atoms with E-state index in [1.807, 2.05) is 36.5 Å². The lowest BCUT2D eigenvalue weighted by Gasteiger charge is -2.36. The normalized spacial score (nSPS) is 14.9. The van der Waals surface area contributed by atoms with Crippen LogP contribution in [-0.4, -0.2) is 28.9 Å². The monoisotopic (exact) mass is 435 g/mol. The Hall–Kier alpha value is -2.50. The number of pyridine rings is 1. The molecule has 3 aromatic rings. The van der Waals surface area contributed by atoms with Crippen LogP contribution in [0.5, 0.6) is 0 Å². The molecule has 1 aliphatic heterocycles. The molecule has 5 heteroatoms. The number of benzene rings is 2. The Morgan fingerprint density at radius 1 is 1.11 bits per heavy atom. The summed E-state index contributed by atoms with van der Waals surface area (Å²) in [5.41, 5.74) is 4.56. The van der Waals surface area contributed by atoms with Gasteiger partial charge in [-0.3, -0.25) is 14.7 Å². The van der Waals surface area contributed by atoms with Crippen molar-refractivity contribution >= 4 is 21.8 Å². The molecule has 1 atom stereocenters. The van der Waals surface area contributed by atoms with Crippen LogP contribution in [-0.2, 0) is 13.0 Å². The van der Waals surface area contributed by atoms with E-state index in [1.165, 1.54) is 11.1 Å².